The summed E-state index contributed by atoms with van der Waals surface area (Å²) in [5, 5.41) is 10.1. The van der Waals surface area contributed by atoms with E-state index >= 15 is 0 Å². The summed E-state index contributed by atoms with van der Waals surface area (Å²) < 4.78 is 0. The number of hydrogen-bond donors (Lipinski definition) is 1. The van der Waals surface area contributed by atoms with Gasteiger partial charge in [0.1, 0.15) is 5.75 Å². The normalized spacial score (nSPS) is 11.5. The highest BCUT2D eigenvalue weighted by Gasteiger charge is 2.19. The van der Waals surface area contributed by atoms with Crippen molar-refractivity contribution in [2.75, 3.05) is 24.8 Å². The van der Waals surface area contributed by atoms with Crippen LogP contribution < -0.4 is 0 Å². The summed E-state index contributed by atoms with van der Waals surface area (Å²) in [4.78, 5) is 2.16. The second-order valence-corrected chi connectivity index (χ2v) is 6.49. The lowest BCUT2D eigenvalue weighted by atomic mass is 9.81. The van der Waals surface area contributed by atoms with E-state index < -0.39 is 0 Å². The van der Waals surface area contributed by atoms with E-state index in [1.807, 2.05) is 6.07 Å². The standard InChI is InChI=1S/C16H25Cl2NO.ClH/c1-4-16(2,3)14-5-6-15(20)13(11-14)12-19(9-7-17)10-8-18;/h5-6,11,20H,4,7-10,12H2,1-3H3;1H. The van der Waals surface area contributed by atoms with E-state index in [0.29, 0.717) is 24.1 Å². The van der Waals surface area contributed by atoms with Crippen LogP contribution in [0.15, 0.2) is 18.2 Å². The maximum absolute atomic E-state index is 10.1. The lowest BCUT2D eigenvalue weighted by Crippen LogP contribution is -2.27. The topological polar surface area (TPSA) is 23.5 Å². The molecule has 2 nitrogen and oxygen atoms in total. The fourth-order valence-corrected chi connectivity index (χ4v) is 2.57. The van der Waals surface area contributed by atoms with Gasteiger partial charge in [0.2, 0.25) is 0 Å². The van der Waals surface area contributed by atoms with Crippen LogP contribution in [-0.4, -0.2) is 34.9 Å². The molecule has 5 heteroatoms. The van der Waals surface area contributed by atoms with E-state index in [9.17, 15) is 5.11 Å². The molecule has 0 aliphatic carbocycles. The van der Waals surface area contributed by atoms with Gasteiger partial charge in [-0.15, -0.1) is 35.6 Å². The molecule has 0 atom stereocenters. The zero-order chi connectivity index (χ0) is 15.2. The molecule has 0 unspecified atom stereocenters. The van der Waals surface area contributed by atoms with Crippen molar-refractivity contribution in [1.29, 1.82) is 0 Å². The molecule has 0 radical (unpaired) electrons. The molecule has 1 rings (SSSR count). The van der Waals surface area contributed by atoms with E-state index in [1.54, 1.807) is 6.07 Å². The van der Waals surface area contributed by atoms with Crippen LogP contribution in [0.25, 0.3) is 0 Å². The average molecular weight is 355 g/mol. The molecular formula is C16H26Cl3NO. The molecular weight excluding hydrogens is 329 g/mol. The predicted molar refractivity (Wildman–Crippen MR) is 95.4 cm³/mol. The quantitative estimate of drug-likeness (QED) is 0.679. The number of alkyl halides is 2. The number of phenolic OH excluding ortho intramolecular Hbond substituents is 1. The average Bonchev–Trinajstić information content (AvgIpc) is 2.41. The summed E-state index contributed by atoms with van der Waals surface area (Å²) in [7, 11) is 0. The number of aromatic hydroxyl groups is 1. The molecule has 0 bridgehead atoms. The van der Waals surface area contributed by atoms with Gasteiger partial charge in [-0.3, -0.25) is 4.90 Å². The number of rotatable bonds is 8. The Balaban J connectivity index is 0.00000400. The molecule has 0 heterocycles. The minimum atomic E-state index is 0. The zero-order valence-corrected chi connectivity index (χ0v) is 15.4. The highest BCUT2D eigenvalue weighted by Crippen LogP contribution is 2.30. The first kappa shape index (κ1) is 20.9. The Morgan fingerprint density at radius 3 is 2.19 bits per heavy atom. The minimum absolute atomic E-state index is 0. The van der Waals surface area contributed by atoms with E-state index in [2.05, 4.69) is 31.7 Å². The van der Waals surface area contributed by atoms with Gasteiger partial charge in [0.05, 0.1) is 0 Å². The summed E-state index contributed by atoms with van der Waals surface area (Å²) in [5.41, 5.74) is 2.32. The van der Waals surface area contributed by atoms with Gasteiger partial charge in [-0.25, -0.2) is 0 Å². The molecule has 0 aromatic heterocycles. The Bertz CT molecular complexity index is 418. The van der Waals surface area contributed by atoms with Crippen LogP contribution in [0.2, 0.25) is 0 Å². The molecule has 0 fully saturated rings. The van der Waals surface area contributed by atoms with Crippen molar-refractivity contribution in [2.24, 2.45) is 0 Å². The largest absolute Gasteiger partial charge is 0.508 e. The first-order valence-corrected chi connectivity index (χ1v) is 8.18. The van der Waals surface area contributed by atoms with Gasteiger partial charge in [-0.05, 0) is 23.5 Å². The summed E-state index contributed by atoms with van der Waals surface area (Å²) in [6, 6.07) is 5.91. The van der Waals surface area contributed by atoms with E-state index in [-0.39, 0.29) is 17.8 Å². The van der Waals surface area contributed by atoms with E-state index in [0.717, 1.165) is 25.1 Å². The monoisotopic (exact) mass is 353 g/mol. The van der Waals surface area contributed by atoms with Crippen molar-refractivity contribution in [3.8, 4) is 5.75 Å². The van der Waals surface area contributed by atoms with Gasteiger partial charge in [-0.2, -0.15) is 0 Å². The number of hydrogen-bond acceptors (Lipinski definition) is 2. The van der Waals surface area contributed by atoms with Crippen LogP contribution in [0.4, 0.5) is 0 Å². The van der Waals surface area contributed by atoms with Crippen molar-refractivity contribution < 1.29 is 5.11 Å². The molecule has 0 aliphatic heterocycles. The minimum Gasteiger partial charge on any atom is -0.508 e. The first-order chi connectivity index (χ1) is 9.44. The zero-order valence-electron chi connectivity index (χ0n) is 13.0. The second kappa shape index (κ2) is 9.78. The number of nitrogens with zero attached hydrogens (tertiary/aromatic N) is 1. The summed E-state index contributed by atoms with van der Waals surface area (Å²) in [6.45, 7) is 8.85. The van der Waals surface area contributed by atoms with Gasteiger partial charge < -0.3 is 5.11 Å². The Labute approximate surface area is 144 Å². The maximum atomic E-state index is 10.1. The summed E-state index contributed by atoms with van der Waals surface area (Å²) in [6.07, 6.45) is 1.06. The first-order valence-electron chi connectivity index (χ1n) is 7.11. The van der Waals surface area contributed by atoms with Crippen molar-refractivity contribution in [1.82, 2.24) is 4.90 Å². The number of halogens is 3. The Morgan fingerprint density at radius 1 is 1.14 bits per heavy atom. The maximum Gasteiger partial charge on any atom is 0.120 e. The molecule has 1 aromatic rings. The predicted octanol–water partition coefficient (Wildman–Crippen LogP) is 4.78. The van der Waals surface area contributed by atoms with Crippen molar-refractivity contribution in [2.45, 2.75) is 39.2 Å². The molecule has 1 N–H and O–H groups in total. The molecule has 1 aromatic carbocycles. The van der Waals surface area contributed by atoms with Gasteiger partial charge in [0.15, 0.2) is 0 Å². The molecule has 0 saturated carbocycles. The molecule has 122 valence electrons. The SMILES string of the molecule is CCC(C)(C)c1ccc(O)c(CN(CCCl)CCCl)c1.Cl. The van der Waals surface area contributed by atoms with Crippen LogP contribution in [0.1, 0.15) is 38.3 Å². The number of benzene rings is 1. The smallest absolute Gasteiger partial charge is 0.120 e. The summed E-state index contributed by atoms with van der Waals surface area (Å²) >= 11 is 11.6. The molecule has 0 saturated heterocycles. The highest BCUT2D eigenvalue weighted by molar-refractivity contribution is 6.18. The van der Waals surface area contributed by atoms with Crippen LogP contribution >= 0.6 is 35.6 Å². The fraction of sp³-hybridized carbons (Fsp3) is 0.625. The number of phenols is 1. The lowest BCUT2D eigenvalue weighted by molar-refractivity contribution is 0.294. The van der Waals surface area contributed by atoms with Crippen molar-refractivity contribution in [3.05, 3.63) is 29.3 Å². The van der Waals surface area contributed by atoms with E-state index in [4.69, 9.17) is 23.2 Å². The van der Waals surface area contributed by atoms with Crippen molar-refractivity contribution in [3.63, 3.8) is 0 Å². The third kappa shape index (κ3) is 6.23. The Morgan fingerprint density at radius 2 is 1.71 bits per heavy atom. The third-order valence-corrected chi connectivity index (χ3v) is 4.28. The van der Waals surface area contributed by atoms with Crippen molar-refractivity contribution >= 4 is 35.6 Å². The van der Waals surface area contributed by atoms with Gasteiger partial charge in [0, 0.05) is 37.0 Å². The van der Waals surface area contributed by atoms with Gasteiger partial charge in [0.25, 0.3) is 0 Å². The highest BCUT2D eigenvalue weighted by atomic mass is 35.5. The summed E-state index contributed by atoms with van der Waals surface area (Å²) in [5.74, 6) is 1.48. The Kier molecular flexibility index (Phi) is 9.71. The van der Waals surface area contributed by atoms with Gasteiger partial charge >= 0.3 is 0 Å². The van der Waals surface area contributed by atoms with Crippen LogP contribution in [0, 0.1) is 0 Å². The second-order valence-electron chi connectivity index (χ2n) is 5.74. The Hall–Kier alpha value is -0.150. The lowest BCUT2D eigenvalue weighted by Gasteiger charge is -2.26. The molecule has 0 amide bonds. The van der Waals surface area contributed by atoms with Gasteiger partial charge in [-0.1, -0.05) is 32.9 Å². The molecule has 21 heavy (non-hydrogen) atoms. The van der Waals surface area contributed by atoms with E-state index in [1.165, 1.54) is 5.56 Å². The van der Waals surface area contributed by atoms with Crippen LogP contribution in [0.3, 0.4) is 0 Å². The fourth-order valence-electron chi connectivity index (χ4n) is 2.09. The van der Waals surface area contributed by atoms with Crippen LogP contribution in [0.5, 0.6) is 5.75 Å². The van der Waals surface area contributed by atoms with Crippen LogP contribution in [-0.2, 0) is 12.0 Å². The molecule has 0 aliphatic rings. The molecule has 0 spiro atoms. The third-order valence-electron chi connectivity index (χ3n) is 3.94.